The first-order valence-corrected chi connectivity index (χ1v) is 5.37. The molecule has 2 rings (SSSR count). The van der Waals surface area contributed by atoms with Crippen LogP contribution in [0.4, 0.5) is 8.78 Å². The third-order valence-electron chi connectivity index (χ3n) is 2.26. The quantitative estimate of drug-likeness (QED) is 0.577. The lowest BCUT2D eigenvalue weighted by molar-refractivity contribution is 0.582. The molecule has 2 aromatic rings. The van der Waals surface area contributed by atoms with Gasteiger partial charge in [0.25, 0.3) is 0 Å². The van der Waals surface area contributed by atoms with Crippen LogP contribution in [-0.2, 0) is 6.42 Å². The Morgan fingerprint density at radius 1 is 1.06 bits per heavy atom. The van der Waals surface area contributed by atoms with Gasteiger partial charge in [-0.25, -0.2) is 9.37 Å². The van der Waals surface area contributed by atoms with Crippen LogP contribution in [0.3, 0.4) is 0 Å². The number of hydrogen-bond donors (Lipinski definition) is 0. The SMILES string of the molecule is Fc1ccc(Cc2ccc(F)c(P)c2)cn1. The van der Waals surface area contributed by atoms with Gasteiger partial charge < -0.3 is 0 Å². The number of halogens is 2. The number of pyridine rings is 1. The van der Waals surface area contributed by atoms with Crippen LogP contribution in [0.15, 0.2) is 36.5 Å². The van der Waals surface area contributed by atoms with Crippen molar-refractivity contribution in [3.8, 4) is 0 Å². The van der Waals surface area contributed by atoms with Crippen LogP contribution in [0.5, 0.6) is 0 Å². The van der Waals surface area contributed by atoms with Gasteiger partial charge in [-0.2, -0.15) is 4.39 Å². The maximum Gasteiger partial charge on any atom is 0.212 e. The summed E-state index contributed by atoms with van der Waals surface area (Å²) in [6.45, 7) is 0. The van der Waals surface area contributed by atoms with Gasteiger partial charge in [0, 0.05) is 11.5 Å². The molecule has 0 fully saturated rings. The molecule has 0 saturated heterocycles. The first-order chi connectivity index (χ1) is 7.65. The molecule has 1 aromatic heterocycles. The van der Waals surface area contributed by atoms with Gasteiger partial charge >= 0.3 is 0 Å². The smallest absolute Gasteiger partial charge is 0.212 e. The van der Waals surface area contributed by atoms with E-state index in [2.05, 4.69) is 14.2 Å². The second-order valence-corrected chi connectivity index (χ2v) is 4.14. The standard InChI is InChI=1S/C12H10F2NP/c13-10-3-1-8(6-11(10)16)5-9-2-4-12(14)15-7-9/h1-4,6-7H,5,16H2. The summed E-state index contributed by atoms with van der Waals surface area (Å²) < 4.78 is 25.6. The summed E-state index contributed by atoms with van der Waals surface area (Å²) >= 11 is 0. The minimum atomic E-state index is -0.491. The predicted octanol–water partition coefficient (Wildman–Crippen LogP) is 2.45. The fourth-order valence-corrected chi connectivity index (χ4v) is 1.76. The van der Waals surface area contributed by atoms with Gasteiger partial charge in [-0.1, -0.05) is 12.1 Å². The molecule has 4 heteroatoms. The molecule has 0 amide bonds. The zero-order valence-corrected chi connectivity index (χ0v) is 9.61. The van der Waals surface area contributed by atoms with E-state index in [1.807, 2.05) is 0 Å². The van der Waals surface area contributed by atoms with E-state index in [9.17, 15) is 8.78 Å². The highest BCUT2D eigenvalue weighted by molar-refractivity contribution is 7.27. The Morgan fingerprint density at radius 2 is 1.81 bits per heavy atom. The molecule has 1 aromatic carbocycles. The maximum absolute atomic E-state index is 13.0. The molecular weight excluding hydrogens is 227 g/mol. The summed E-state index contributed by atoms with van der Waals surface area (Å²) in [6, 6.07) is 7.89. The lowest BCUT2D eigenvalue weighted by Crippen LogP contribution is -2.00. The Hall–Kier alpha value is -1.34. The summed E-state index contributed by atoms with van der Waals surface area (Å²) in [6.07, 6.45) is 2.11. The summed E-state index contributed by atoms with van der Waals surface area (Å²) in [5, 5.41) is 0.535. The Balaban J connectivity index is 2.20. The molecule has 0 aliphatic heterocycles. The molecule has 0 radical (unpaired) electrons. The highest BCUT2D eigenvalue weighted by Crippen LogP contribution is 2.10. The van der Waals surface area contributed by atoms with Crippen LogP contribution in [0, 0.1) is 11.8 Å². The van der Waals surface area contributed by atoms with Crippen molar-refractivity contribution in [2.45, 2.75) is 6.42 Å². The van der Waals surface area contributed by atoms with E-state index < -0.39 is 5.95 Å². The summed E-state index contributed by atoms with van der Waals surface area (Å²) in [7, 11) is 2.34. The topological polar surface area (TPSA) is 12.9 Å². The second kappa shape index (κ2) is 4.67. The van der Waals surface area contributed by atoms with E-state index >= 15 is 0 Å². The fourth-order valence-electron chi connectivity index (χ4n) is 1.45. The largest absolute Gasteiger partial charge is 0.228 e. The van der Waals surface area contributed by atoms with E-state index in [0.717, 1.165) is 11.1 Å². The Kier molecular flexibility index (Phi) is 3.25. The number of nitrogens with zero attached hydrogens (tertiary/aromatic N) is 1. The van der Waals surface area contributed by atoms with Gasteiger partial charge in [-0.05, 0) is 35.7 Å². The van der Waals surface area contributed by atoms with E-state index in [1.165, 1.54) is 18.3 Å². The number of hydrogen-bond acceptors (Lipinski definition) is 1. The van der Waals surface area contributed by atoms with E-state index in [0.29, 0.717) is 11.7 Å². The van der Waals surface area contributed by atoms with Crippen LogP contribution >= 0.6 is 9.24 Å². The molecule has 1 heterocycles. The number of rotatable bonds is 2. The van der Waals surface area contributed by atoms with Crippen LogP contribution < -0.4 is 5.30 Å². The molecule has 0 bridgehead atoms. The van der Waals surface area contributed by atoms with Crippen molar-refractivity contribution in [3.63, 3.8) is 0 Å². The normalized spacial score (nSPS) is 10.4. The minimum Gasteiger partial charge on any atom is -0.228 e. The van der Waals surface area contributed by atoms with Crippen molar-refractivity contribution >= 4 is 14.5 Å². The van der Waals surface area contributed by atoms with Gasteiger partial charge in [0.15, 0.2) is 0 Å². The Morgan fingerprint density at radius 3 is 2.44 bits per heavy atom. The van der Waals surface area contributed by atoms with E-state index in [4.69, 9.17) is 0 Å². The van der Waals surface area contributed by atoms with Gasteiger partial charge in [-0.3, -0.25) is 0 Å². The van der Waals surface area contributed by atoms with Gasteiger partial charge in [0.1, 0.15) is 5.82 Å². The third-order valence-corrected chi connectivity index (χ3v) is 2.70. The molecule has 1 unspecified atom stereocenters. The lowest BCUT2D eigenvalue weighted by atomic mass is 10.1. The summed E-state index contributed by atoms with van der Waals surface area (Å²) in [4.78, 5) is 3.57. The Labute approximate surface area is 94.7 Å². The average Bonchev–Trinajstić information content (AvgIpc) is 2.27. The maximum atomic E-state index is 13.0. The van der Waals surface area contributed by atoms with Gasteiger partial charge in [0.05, 0.1) is 0 Å². The molecule has 0 spiro atoms. The van der Waals surface area contributed by atoms with Crippen LogP contribution in [-0.4, -0.2) is 4.98 Å². The molecule has 1 atom stereocenters. The second-order valence-electron chi connectivity index (χ2n) is 3.52. The molecule has 0 N–H and O–H groups in total. The highest BCUT2D eigenvalue weighted by atomic mass is 31.0. The molecule has 0 aliphatic rings. The zero-order chi connectivity index (χ0) is 11.5. The van der Waals surface area contributed by atoms with Crippen molar-refractivity contribution in [2.24, 2.45) is 0 Å². The fraction of sp³-hybridized carbons (Fsp3) is 0.0833. The minimum absolute atomic E-state index is 0.244. The molecule has 16 heavy (non-hydrogen) atoms. The van der Waals surface area contributed by atoms with Crippen molar-refractivity contribution in [1.29, 1.82) is 0 Å². The van der Waals surface area contributed by atoms with Crippen LogP contribution in [0.1, 0.15) is 11.1 Å². The van der Waals surface area contributed by atoms with Crippen molar-refractivity contribution in [2.75, 3.05) is 0 Å². The van der Waals surface area contributed by atoms with E-state index in [1.54, 1.807) is 18.2 Å². The highest BCUT2D eigenvalue weighted by Gasteiger charge is 2.01. The molecule has 0 saturated carbocycles. The molecule has 82 valence electrons. The van der Waals surface area contributed by atoms with Gasteiger partial charge in [0.2, 0.25) is 5.95 Å². The van der Waals surface area contributed by atoms with Crippen molar-refractivity contribution in [1.82, 2.24) is 4.98 Å². The average molecular weight is 237 g/mol. The number of aromatic nitrogens is 1. The summed E-state index contributed by atoms with van der Waals surface area (Å²) in [5.74, 6) is -0.736. The molecular formula is C12H10F2NP. The molecule has 1 nitrogen and oxygen atoms in total. The van der Waals surface area contributed by atoms with Crippen LogP contribution in [0.25, 0.3) is 0 Å². The zero-order valence-electron chi connectivity index (χ0n) is 8.45. The first kappa shape index (κ1) is 11.2. The monoisotopic (exact) mass is 237 g/mol. The van der Waals surface area contributed by atoms with Crippen molar-refractivity contribution in [3.05, 3.63) is 59.4 Å². The Bertz CT molecular complexity index is 497. The lowest BCUT2D eigenvalue weighted by Gasteiger charge is -2.03. The predicted molar refractivity (Wildman–Crippen MR) is 62.7 cm³/mol. The number of benzene rings is 1. The van der Waals surface area contributed by atoms with Crippen LogP contribution in [0.2, 0.25) is 0 Å². The summed E-state index contributed by atoms with van der Waals surface area (Å²) in [5.41, 5.74) is 1.87. The molecule has 0 aliphatic carbocycles. The first-order valence-electron chi connectivity index (χ1n) is 4.79. The van der Waals surface area contributed by atoms with Gasteiger partial charge in [-0.15, -0.1) is 9.24 Å². The van der Waals surface area contributed by atoms with Crippen molar-refractivity contribution < 1.29 is 8.78 Å². The third kappa shape index (κ3) is 2.61. The van der Waals surface area contributed by atoms with E-state index in [-0.39, 0.29) is 5.82 Å².